The lowest BCUT2D eigenvalue weighted by Gasteiger charge is -2.18. The molecule has 0 bridgehead atoms. The molecular formula is C17H20ClFN2. The summed E-state index contributed by atoms with van der Waals surface area (Å²) in [5.41, 5.74) is 2.29. The predicted molar refractivity (Wildman–Crippen MR) is 85.1 cm³/mol. The van der Waals surface area contributed by atoms with Crippen LogP contribution < -0.4 is 5.32 Å². The first-order valence-electron chi connectivity index (χ1n) is 7.25. The SMILES string of the molecule is CCNC(CCc1cccnc1)Cc1ccc(F)c(Cl)c1. The molecule has 2 aromatic rings. The van der Waals surface area contributed by atoms with Crippen molar-refractivity contribution >= 4 is 11.6 Å². The molecule has 0 saturated carbocycles. The third-order valence-corrected chi connectivity index (χ3v) is 3.75. The van der Waals surface area contributed by atoms with E-state index in [2.05, 4.69) is 23.3 Å². The van der Waals surface area contributed by atoms with E-state index in [1.165, 1.54) is 11.6 Å². The van der Waals surface area contributed by atoms with Crippen molar-refractivity contribution in [3.8, 4) is 0 Å². The Balaban J connectivity index is 1.96. The van der Waals surface area contributed by atoms with Gasteiger partial charge in [0.05, 0.1) is 5.02 Å². The first kappa shape index (κ1) is 15.9. The smallest absolute Gasteiger partial charge is 0.141 e. The average Bonchev–Trinajstić information content (AvgIpc) is 2.50. The maximum atomic E-state index is 13.2. The van der Waals surface area contributed by atoms with Crippen molar-refractivity contribution in [2.45, 2.75) is 32.2 Å². The van der Waals surface area contributed by atoms with E-state index in [0.29, 0.717) is 6.04 Å². The Labute approximate surface area is 130 Å². The van der Waals surface area contributed by atoms with E-state index >= 15 is 0 Å². The van der Waals surface area contributed by atoms with Gasteiger partial charge in [-0.25, -0.2) is 4.39 Å². The number of rotatable bonds is 7. The molecule has 1 aromatic heterocycles. The van der Waals surface area contributed by atoms with Gasteiger partial charge in [-0.15, -0.1) is 0 Å². The standard InChI is InChI=1S/C17H20ClFN2/c1-2-21-15(7-5-13-4-3-9-20-12-13)10-14-6-8-17(19)16(18)11-14/h3-4,6,8-9,11-12,15,21H,2,5,7,10H2,1H3. The molecule has 1 unspecified atom stereocenters. The lowest BCUT2D eigenvalue weighted by Crippen LogP contribution is -2.31. The summed E-state index contributed by atoms with van der Waals surface area (Å²) in [6, 6.07) is 9.34. The van der Waals surface area contributed by atoms with E-state index in [-0.39, 0.29) is 10.8 Å². The second-order valence-corrected chi connectivity index (χ2v) is 5.51. The summed E-state index contributed by atoms with van der Waals surface area (Å²) in [6.45, 7) is 3.00. The fraction of sp³-hybridized carbons (Fsp3) is 0.353. The summed E-state index contributed by atoms with van der Waals surface area (Å²) in [6.07, 6.45) is 6.51. The van der Waals surface area contributed by atoms with Crippen LogP contribution in [-0.2, 0) is 12.8 Å². The highest BCUT2D eigenvalue weighted by atomic mass is 35.5. The minimum absolute atomic E-state index is 0.190. The molecule has 0 radical (unpaired) electrons. The minimum Gasteiger partial charge on any atom is -0.314 e. The van der Waals surface area contributed by atoms with Crippen LogP contribution in [0.15, 0.2) is 42.7 Å². The van der Waals surface area contributed by atoms with Gasteiger partial charge in [0.2, 0.25) is 0 Å². The van der Waals surface area contributed by atoms with E-state index in [1.54, 1.807) is 18.3 Å². The molecule has 2 rings (SSSR count). The normalized spacial score (nSPS) is 12.3. The Hall–Kier alpha value is -1.45. The van der Waals surface area contributed by atoms with Gasteiger partial charge in [0.15, 0.2) is 0 Å². The second-order valence-electron chi connectivity index (χ2n) is 5.11. The molecule has 1 aromatic carbocycles. The van der Waals surface area contributed by atoms with Gasteiger partial charge in [-0.05, 0) is 55.1 Å². The number of hydrogen-bond acceptors (Lipinski definition) is 2. The third kappa shape index (κ3) is 5.10. The summed E-state index contributed by atoms with van der Waals surface area (Å²) in [7, 11) is 0. The van der Waals surface area contributed by atoms with Crippen molar-refractivity contribution in [1.82, 2.24) is 10.3 Å². The van der Waals surface area contributed by atoms with Crippen molar-refractivity contribution in [3.63, 3.8) is 0 Å². The highest BCUT2D eigenvalue weighted by Crippen LogP contribution is 2.18. The molecule has 1 atom stereocenters. The molecule has 2 nitrogen and oxygen atoms in total. The molecule has 1 N–H and O–H groups in total. The summed E-state index contributed by atoms with van der Waals surface area (Å²) >= 11 is 5.84. The predicted octanol–water partition coefficient (Wildman–Crippen LogP) is 4.03. The van der Waals surface area contributed by atoms with Crippen LogP contribution >= 0.6 is 11.6 Å². The topological polar surface area (TPSA) is 24.9 Å². The zero-order valence-electron chi connectivity index (χ0n) is 12.2. The Morgan fingerprint density at radius 2 is 2.14 bits per heavy atom. The number of likely N-dealkylation sites (N-methyl/N-ethyl adjacent to an activating group) is 1. The van der Waals surface area contributed by atoms with Crippen molar-refractivity contribution in [1.29, 1.82) is 0 Å². The Kier molecular flexibility index (Phi) is 6.15. The number of halogens is 2. The molecule has 0 fully saturated rings. The number of hydrogen-bond donors (Lipinski definition) is 1. The van der Waals surface area contributed by atoms with E-state index < -0.39 is 0 Å². The molecular weight excluding hydrogens is 287 g/mol. The van der Waals surface area contributed by atoms with Gasteiger partial charge in [-0.2, -0.15) is 0 Å². The summed E-state index contributed by atoms with van der Waals surface area (Å²) in [5, 5.41) is 3.67. The van der Waals surface area contributed by atoms with Crippen molar-refractivity contribution in [2.24, 2.45) is 0 Å². The Morgan fingerprint density at radius 3 is 2.81 bits per heavy atom. The van der Waals surface area contributed by atoms with Crippen LogP contribution in [0.25, 0.3) is 0 Å². The van der Waals surface area contributed by atoms with Gasteiger partial charge >= 0.3 is 0 Å². The highest BCUT2D eigenvalue weighted by molar-refractivity contribution is 6.30. The Morgan fingerprint density at radius 1 is 1.29 bits per heavy atom. The van der Waals surface area contributed by atoms with Crippen LogP contribution in [0.2, 0.25) is 5.02 Å². The monoisotopic (exact) mass is 306 g/mol. The van der Waals surface area contributed by atoms with Crippen LogP contribution in [0.5, 0.6) is 0 Å². The highest BCUT2D eigenvalue weighted by Gasteiger charge is 2.10. The number of pyridine rings is 1. The maximum absolute atomic E-state index is 13.2. The average molecular weight is 307 g/mol. The van der Waals surface area contributed by atoms with Gasteiger partial charge in [0.1, 0.15) is 5.82 Å². The molecule has 21 heavy (non-hydrogen) atoms. The van der Waals surface area contributed by atoms with Gasteiger partial charge in [0, 0.05) is 18.4 Å². The summed E-state index contributed by atoms with van der Waals surface area (Å²) < 4.78 is 13.2. The van der Waals surface area contributed by atoms with Crippen LogP contribution in [0.1, 0.15) is 24.5 Å². The first-order valence-corrected chi connectivity index (χ1v) is 7.63. The number of aryl methyl sites for hydroxylation is 1. The van der Waals surface area contributed by atoms with Gasteiger partial charge in [0.25, 0.3) is 0 Å². The van der Waals surface area contributed by atoms with Crippen molar-refractivity contribution in [3.05, 3.63) is 64.7 Å². The van der Waals surface area contributed by atoms with Gasteiger partial charge < -0.3 is 5.32 Å². The molecule has 0 aliphatic rings. The van der Waals surface area contributed by atoms with Crippen LogP contribution in [-0.4, -0.2) is 17.6 Å². The molecule has 0 aliphatic carbocycles. The minimum atomic E-state index is -0.365. The van der Waals surface area contributed by atoms with E-state index in [0.717, 1.165) is 31.4 Å². The van der Waals surface area contributed by atoms with Crippen LogP contribution in [0, 0.1) is 5.82 Å². The van der Waals surface area contributed by atoms with Crippen molar-refractivity contribution < 1.29 is 4.39 Å². The van der Waals surface area contributed by atoms with E-state index in [1.807, 2.05) is 12.3 Å². The van der Waals surface area contributed by atoms with Gasteiger partial charge in [-0.1, -0.05) is 30.7 Å². The maximum Gasteiger partial charge on any atom is 0.141 e. The molecule has 112 valence electrons. The summed E-state index contributed by atoms with van der Waals surface area (Å²) in [4.78, 5) is 4.13. The zero-order chi connectivity index (χ0) is 15.1. The molecule has 0 saturated heterocycles. The number of aromatic nitrogens is 1. The zero-order valence-corrected chi connectivity index (χ0v) is 12.9. The number of nitrogens with zero attached hydrogens (tertiary/aromatic N) is 1. The second kappa shape index (κ2) is 8.11. The largest absolute Gasteiger partial charge is 0.314 e. The lowest BCUT2D eigenvalue weighted by molar-refractivity contribution is 0.490. The van der Waals surface area contributed by atoms with E-state index in [4.69, 9.17) is 11.6 Å². The lowest BCUT2D eigenvalue weighted by atomic mass is 9.99. The number of nitrogens with one attached hydrogen (secondary N) is 1. The fourth-order valence-electron chi connectivity index (χ4n) is 2.40. The molecule has 0 aliphatic heterocycles. The quantitative estimate of drug-likeness (QED) is 0.835. The van der Waals surface area contributed by atoms with Crippen LogP contribution in [0.3, 0.4) is 0 Å². The molecule has 0 spiro atoms. The van der Waals surface area contributed by atoms with E-state index in [9.17, 15) is 4.39 Å². The molecule has 0 amide bonds. The fourth-order valence-corrected chi connectivity index (χ4v) is 2.61. The molecule has 1 heterocycles. The third-order valence-electron chi connectivity index (χ3n) is 3.46. The summed E-state index contributed by atoms with van der Waals surface area (Å²) in [5.74, 6) is -0.365. The first-order chi connectivity index (χ1) is 10.2. The van der Waals surface area contributed by atoms with Crippen LogP contribution in [0.4, 0.5) is 4.39 Å². The molecule has 4 heteroatoms. The number of benzene rings is 1. The van der Waals surface area contributed by atoms with Crippen molar-refractivity contribution in [2.75, 3.05) is 6.54 Å². The Bertz CT molecular complexity index is 560. The van der Waals surface area contributed by atoms with Gasteiger partial charge in [-0.3, -0.25) is 4.98 Å².